The molecular weight excluding hydrogens is 316 g/mol. The number of imidazole rings is 1. The Morgan fingerprint density at radius 2 is 1.83 bits per heavy atom. The van der Waals surface area contributed by atoms with Crippen molar-refractivity contribution in [3.05, 3.63) is 48.0 Å². The molecular formula is C20H24N2OS. The fourth-order valence-corrected chi connectivity index (χ4v) is 3.13. The highest BCUT2D eigenvalue weighted by molar-refractivity contribution is 7.80. The molecule has 0 saturated heterocycles. The molecule has 3 aromatic rings. The van der Waals surface area contributed by atoms with Crippen LogP contribution in [0.2, 0.25) is 0 Å². The first-order chi connectivity index (χ1) is 11.7. The Morgan fingerprint density at radius 3 is 2.58 bits per heavy atom. The van der Waals surface area contributed by atoms with E-state index in [4.69, 9.17) is 4.74 Å². The largest absolute Gasteiger partial charge is 0.494 e. The molecule has 2 aromatic carbocycles. The molecule has 0 aliphatic carbocycles. The number of rotatable bonds is 7. The lowest BCUT2D eigenvalue weighted by Crippen LogP contribution is -1.98. The minimum atomic E-state index is 0.689. The Morgan fingerprint density at radius 1 is 1.04 bits per heavy atom. The lowest BCUT2D eigenvalue weighted by atomic mass is 10.2. The summed E-state index contributed by atoms with van der Waals surface area (Å²) >= 11 is 4.55. The first kappa shape index (κ1) is 16.9. The molecule has 0 unspecified atom stereocenters. The molecule has 0 bridgehead atoms. The van der Waals surface area contributed by atoms with Crippen molar-refractivity contribution in [3.63, 3.8) is 0 Å². The predicted octanol–water partition coefficient (Wildman–Crippen LogP) is 5.58. The van der Waals surface area contributed by atoms with E-state index in [1.54, 1.807) is 0 Å². The summed E-state index contributed by atoms with van der Waals surface area (Å²) < 4.78 is 7.97. The molecule has 0 atom stereocenters. The van der Waals surface area contributed by atoms with Crippen molar-refractivity contribution in [3.8, 4) is 11.4 Å². The second kappa shape index (κ2) is 7.75. The van der Waals surface area contributed by atoms with Crippen molar-refractivity contribution in [2.75, 3.05) is 6.61 Å². The van der Waals surface area contributed by atoms with Crippen molar-refractivity contribution in [1.29, 1.82) is 0 Å². The van der Waals surface area contributed by atoms with Gasteiger partial charge in [0, 0.05) is 11.8 Å². The van der Waals surface area contributed by atoms with Gasteiger partial charge in [0.25, 0.3) is 0 Å². The quantitative estimate of drug-likeness (QED) is 0.449. The van der Waals surface area contributed by atoms with Gasteiger partial charge in [-0.05, 0) is 37.6 Å². The van der Waals surface area contributed by atoms with Crippen LogP contribution >= 0.6 is 12.6 Å². The van der Waals surface area contributed by atoms with E-state index in [9.17, 15) is 0 Å². The zero-order valence-corrected chi connectivity index (χ0v) is 15.2. The Bertz CT molecular complexity index is 808. The lowest BCUT2D eigenvalue weighted by molar-refractivity contribution is 0.305. The van der Waals surface area contributed by atoms with Gasteiger partial charge in [-0.2, -0.15) is 0 Å². The average molecular weight is 340 g/mol. The maximum Gasteiger partial charge on any atom is 0.170 e. The third kappa shape index (κ3) is 3.75. The third-order valence-corrected chi connectivity index (χ3v) is 4.47. The summed E-state index contributed by atoms with van der Waals surface area (Å²) in [5.41, 5.74) is 4.25. The maximum absolute atomic E-state index is 5.91. The van der Waals surface area contributed by atoms with Gasteiger partial charge in [0.1, 0.15) is 5.75 Å². The summed E-state index contributed by atoms with van der Waals surface area (Å²) in [7, 11) is 0. The van der Waals surface area contributed by atoms with Crippen molar-refractivity contribution in [2.45, 2.75) is 44.7 Å². The topological polar surface area (TPSA) is 27.1 Å². The summed E-state index contributed by atoms with van der Waals surface area (Å²) in [5, 5.41) is 0.689. The molecule has 1 heterocycles. The predicted molar refractivity (Wildman–Crippen MR) is 103 cm³/mol. The van der Waals surface area contributed by atoms with Gasteiger partial charge < -0.3 is 4.74 Å². The zero-order chi connectivity index (χ0) is 16.9. The molecule has 0 saturated carbocycles. The number of aromatic nitrogens is 2. The molecule has 0 aliphatic heterocycles. The number of fused-ring (bicyclic) bond motifs is 1. The molecule has 0 fully saturated rings. The second-order valence-electron chi connectivity index (χ2n) is 6.14. The maximum atomic E-state index is 5.91. The zero-order valence-electron chi connectivity index (χ0n) is 14.3. The number of nitrogens with zero attached hydrogens (tertiary/aromatic N) is 2. The summed E-state index contributed by atoms with van der Waals surface area (Å²) in [6.07, 6.45) is 4.83. The average Bonchev–Trinajstić information content (AvgIpc) is 2.91. The molecule has 24 heavy (non-hydrogen) atoms. The van der Waals surface area contributed by atoms with Gasteiger partial charge >= 0.3 is 0 Å². The minimum Gasteiger partial charge on any atom is -0.494 e. The fraction of sp³-hybridized carbons (Fsp3) is 0.350. The van der Waals surface area contributed by atoms with Gasteiger partial charge in [-0.1, -0.05) is 43.9 Å². The van der Waals surface area contributed by atoms with Crippen molar-refractivity contribution in [2.24, 2.45) is 0 Å². The van der Waals surface area contributed by atoms with E-state index in [1.165, 1.54) is 24.8 Å². The minimum absolute atomic E-state index is 0.689. The number of thiol groups is 1. The summed E-state index contributed by atoms with van der Waals surface area (Å²) in [6, 6.07) is 14.4. The second-order valence-corrected chi connectivity index (χ2v) is 6.54. The molecule has 0 radical (unpaired) electrons. The number of ether oxygens (including phenoxy) is 1. The summed E-state index contributed by atoms with van der Waals surface area (Å²) in [5.74, 6) is 0.889. The standard InChI is InChI=1S/C20H24N2OS/c1-3-4-5-6-13-23-17-11-12-18-19(14-17)22(20(24)21-18)16-9-7-15(2)8-10-16/h7-12,14H,3-6,13H2,1-2H3,(H,21,24). The van der Waals surface area contributed by atoms with Crippen LogP contribution in [0.25, 0.3) is 16.7 Å². The molecule has 0 spiro atoms. The van der Waals surface area contributed by atoms with Crippen LogP contribution in [0, 0.1) is 6.92 Å². The van der Waals surface area contributed by atoms with Crippen LogP contribution in [-0.2, 0) is 0 Å². The Labute approximate surface area is 149 Å². The van der Waals surface area contributed by atoms with Gasteiger partial charge in [-0.15, -0.1) is 12.6 Å². The summed E-state index contributed by atoms with van der Waals surface area (Å²) in [6.45, 7) is 5.07. The Balaban J connectivity index is 1.85. The van der Waals surface area contributed by atoms with Crippen molar-refractivity contribution < 1.29 is 4.74 Å². The first-order valence-corrected chi connectivity index (χ1v) is 9.05. The first-order valence-electron chi connectivity index (χ1n) is 8.60. The van der Waals surface area contributed by atoms with E-state index in [-0.39, 0.29) is 0 Å². The smallest absolute Gasteiger partial charge is 0.170 e. The van der Waals surface area contributed by atoms with Gasteiger partial charge in [-0.3, -0.25) is 4.57 Å². The molecule has 3 rings (SSSR count). The molecule has 0 N–H and O–H groups in total. The van der Waals surface area contributed by atoms with Gasteiger partial charge in [0.2, 0.25) is 0 Å². The van der Waals surface area contributed by atoms with Crippen LogP contribution in [0.1, 0.15) is 38.2 Å². The lowest BCUT2D eigenvalue weighted by Gasteiger charge is -2.09. The normalized spacial score (nSPS) is 11.1. The Hall–Kier alpha value is -1.94. The highest BCUT2D eigenvalue weighted by atomic mass is 32.1. The fourth-order valence-electron chi connectivity index (χ4n) is 2.80. The monoisotopic (exact) mass is 340 g/mol. The molecule has 126 valence electrons. The van der Waals surface area contributed by atoms with Gasteiger partial charge in [-0.25, -0.2) is 4.98 Å². The SMILES string of the molecule is CCCCCCOc1ccc2nc(S)n(-c3ccc(C)cc3)c2c1. The van der Waals surface area contributed by atoms with Crippen LogP contribution in [-0.4, -0.2) is 16.2 Å². The molecule has 0 amide bonds. The van der Waals surface area contributed by atoms with E-state index in [1.807, 2.05) is 12.1 Å². The van der Waals surface area contributed by atoms with Crippen molar-refractivity contribution in [1.82, 2.24) is 9.55 Å². The third-order valence-electron chi connectivity index (χ3n) is 4.17. The van der Waals surface area contributed by atoms with E-state index in [2.05, 4.69) is 66.4 Å². The van der Waals surface area contributed by atoms with Gasteiger partial charge in [0.15, 0.2) is 5.16 Å². The highest BCUT2D eigenvalue weighted by Crippen LogP contribution is 2.27. The van der Waals surface area contributed by atoms with Crippen LogP contribution in [0.4, 0.5) is 0 Å². The highest BCUT2D eigenvalue weighted by Gasteiger charge is 2.11. The number of hydrogen-bond donors (Lipinski definition) is 1. The number of aryl methyl sites for hydroxylation is 1. The van der Waals surface area contributed by atoms with E-state index >= 15 is 0 Å². The molecule has 0 aliphatic rings. The van der Waals surface area contributed by atoms with Crippen LogP contribution in [0.5, 0.6) is 5.75 Å². The number of unbranched alkanes of at least 4 members (excludes halogenated alkanes) is 3. The van der Waals surface area contributed by atoms with Crippen LogP contribution in [0.3, 0.4) is 0 Å². The molecule has 3 nitrogen and oxygen atoms in total. The van der Waals surface area contributed by atoms with E-state index < -0.39 is 0 Å². The van der Waals surface area contributed by atoms with E-state index in [0.29, 0.717) is 5.16 Å². The van der Waals surface area contributed by atoms with Crippen LogP contribution in [0.15, 0.2) is 47.6 Å². The number of benzene rings is 2. The van der Waals surface area contributed by atoms with E-state index in [0.717, 1.165) is 35.5 Å². The molecule has 4 heteroatoms. The van der Waals surface area contributed by atoms with Crippen LogP contribution < -0.4 is 4.74 Å². The Kier molecular flexibility index (Phi) is 5.46. The van der Waals surface area contributed by atoms with Crippen molar-refractivity contribution >= 4 is 23.7 Å². The van der Waals surface area contributed by atoms with Gasteiger partial charge in [0.05, 0.1) is 17.6 Å². The summed E-state index contributed by atoms with van der Waals surface area (Å²) in [4.78, 5) is 4.55. The number of hydrogen-bond acceptors (Lipinski definition) is 3. The molecule has 1 aromatic heterocycles.